The molecule has 2 atom stereocenters. The first-order chi connectivity index (χ1) is 16.3. The smallest absolute Gasteiger partial charge is 0.387 e. The van der Waals surface area contributed by atoms with E-state index in [1.165, 1.54) is 23.1 Å². The molecule has 0 radical (unpaired) electrons. The maximum absolute atomic E-state index is 13.9. The van der Waals surface area contributed by atoms with Gasteiger partial charge in [0.15, 0.2) is 5.72 Å². The Balaban J connectivity index is 1.70. The Kier molecular flexibility index (Phi) is 5.88. The van der Waals surface area contributed by atoms with E-state index in [1.54, 1.807) is 59.5 Å². The Hall–Kier alpha value is -2.87. The number of carbonyl (C=O) groups excluding carboxylic acids is 1. The quantitative estimate of drug-likeness (QED) is 0.408. The average Bonchev–Trinajstić information content (AvgIpc) is 3.61. The van der Waals surface area contributed by atoms with Crippen LogP contribution in [-0.2, 0) is 5.72 Å². The standard InChI is InChI=1S/C25H20Cl2F2N2O3/c26-17-6-10-19(11-7-17)30-22(15-4-5-15)25(33,16-2-1-3-21(14-16)34-23(28)29)31(24(30)32)20-12-8-18(27)9-13-20/h1-3,6-15,22-23,33H,4-5H2. The second-order valence-corrected chi connectivity index (χ2v) is 9.23. The van der Waals surface area contributed by atoms with Crippen molar-refractivity contribution >= 4 is 40.6 Å². The number of amides is 2. The Bertz CT molecular complexity index is 1210. The molecule has 1 aliphatic carbocycles. The maximum Gasteiger partial charge on any atom is 0.387 e. The van der Waals surface area contributed by atoms with Crippen LogP contribution in [0.2, 0.25) is 10.0 Å². The lowest BCUT2D eigenvalue weighted by molar-refractivity contribution is -0.0503. The van der Waals surface area contributed by atoms with Crippen LogP contribution in [0.5, 0.6) is 5.75 Å². The number of urea groups is 1. The van der Waals surface area contributed by atoms with Crippen molar-refractivity contribution < 1.29 is 23.4 Å². The van der Waals surface area contributed by atoms with Crippen LogP contribution >= 0.6 is 23.2 Å². The van der Waals surface area contributed by atoms with Crippen LogP contribution in [0.1, 0.15) is 18.4 Å². The molecule has 2 aliphatic rings. The topological polar surface area (TPSA) is 53.0 Å². The van der Waals surface area contributed by atoms with E-state index in [0.29, 0.717) is 21.4 Å². The van der Waals surface area contributed by atoms with Crippen LogP contribution in [0.15, 0.2) is 72.8 Å². The van der Waals surface area contributed by atoms with E-state index in [4.69, 9.17) is 23.2 Å². The summed E-state index contributed by atoms with van der Waals surface area (Å²) in [5, 5.41) is 13.4. The van der Waals surface area contributed by atoms with Crippen molar-refractivity contribution in [2.75, 3.05) is 9.80 Å². The molecule has 3 aromatic rings. The molecule has 34 heavy (non-hydrogen) atoms. The van der Waals surface area contributed by atoms with Crippen molar-refractivity contribution in [1.29, 1.82) is 0 Å². The first-order valence-corrected chi connectivity index (χ1v) is 11.5. The molecule has 0 bridgehead atoms. The van der Waals surface area contributed by atoms with Gasteiger partial charge in [-0.05, 0) is 79.4 Å². The van der Waals surface area contributed by atoms with E-state index >= 15 is 0 Å². The minimum Gasteiger partial charge on any atom is -0.435 e. The van der Waals surface area contributed by atoms with Crippen LogP contribution in [0.25, 0.3) is 0 Å². The van der Waals surface area contributed by atoms with Crippen LogP contribution in [0, 0.1) is 5.92 Å². The van der Waals surface area contributed by atoms with Gasteiger partial charge in [-0.2, -0.15) is 8.78 Å². The molecule has 3 aromatic carbocycles. The minimum absolute atomic E-state index is 0.00148. The van der Waals surface area contributed by atoms with Gasteiger partial charge in [0.1, 0.15) is 5.75 Å². The Morgan fingerprint density at radius 1 is 0.941 bits per heavy atom. The zero-order valence-electron chi connectivity index (χ0n) is 17.7. The van der Waals surface area contributed by atoms with Gasteiger partial charge in [0.2, 0.25) is 0 Å². The van der Waals surface area contributed by atoms with E-state index in [9.17, 15) is 18.7 Å². The molecule has 1 heterocycles. The zero-order chi connectivity index (χ0) is 24.0. The fourth-order valence-electron chi connectivity index (χ4n) is 4.61. The van der Waals surface area contributed by atoms with Crippen molar-refractivity contribution in [3.8, 4) is 5.75 Å². The molecule has 5 nitrogen and oxygen atoms in total. The highest BCUT2D eigenvalue weighted by atomic mass is 35.5. The second kappa shape index (κ2) is 8.73. The Labute approximate surface area is 205 Å². The zero-order valence-corrected chi connectivity index (χ0v) is 19.3. The number of aliphatic hydroxyl groups is 1. The van der Waals surface area contributed by atoms with E-state index in [1.807, 2.05) is 0 Å². The summed E-state index contributed by atoms with van der Waals surface area (Å²) in [4.78, 5) is 16.8. The summed E-state index contributed by atoms with van der Waals surface area (Å²) in [6, 6.07) is 18.0. The van der Waals surface area contributed by atoms with Gasteiger partial charge in [0.25, 0.3) is 0 Å². The second-order valence-electron chi connectivity index (χ2n) is 8.36. The van der Waals surface area contributed by atoms with Crippen LogP contribution < -0.4 is 14.5 Å². The van der Waals surface area contributed by atoms with Crippen molar-refractivity contribution in [3.05, 3.63) is 88.4 Å². The van der Waals surface area contributed by atoms with Crippen molar-refractivity contribution in [2.45, 2.75) is 31.2 Å². The van der Waals surface area contributed by atoms with Crippen molar-refractivity contribution in [1.82, 2.24) is 0 Å². The number of carbonyl (C=O) groups is 1. The first-order valence-electron chi connectivity index (χ1n) is 10.7. The molecular formula is C25H20Cl2F2N2O3. The van der Waals surface area contributed by atoms with Gasteiger partial charge in [0, 0.05) is 27.0 Å². The van der Waals surface area contributed by atoms with Crippen molar-refractivity contribution in [2.24, 2.45) is 5.92 Å². The van der Waals surface area contributed by atoms with E-state index in [0.717, 1.165) is 12.8 Å². The number of rotatable bonds is 6. The summed E-state index contributed by atoms with van der Waals surface area (Å²) < 4.78 is 30.4. The van der Waals surface area contributed by atoms with Crippen molar-refractivity contribution in [3.63, 3.8) is 0 Å². The lowest BCUT2D eigenvalue weighted by Gasteiger charge is -2.37. The number of hydrogen-bond acceptors (Lipinski definition) is 3. The predicted molar refractivity (Wildman–Crippen MR) is 127 cm³/mol. The number of alkyl halides is 2. The number of anilines is 2. The van der Waals surface area contributed by atoms with Gasteiger partial charge in [-0.25, -0.2) is 4.79 Å². The average molecular weight is 505 g/mol. The highest BCUT2D eigenvalue weighted by Crippen LogP contribution is 2.53. The van der Waals surface area contributed by atoms with Crippen LogP contribution in [0.4, 0.5) is 25.0 Å². The van der Waals surface area contributed by atoms with Gasteiger partial charge in [-0.1, -0.05) is 35.3 Å². The number of benzene rings is 3. The lowest BCUT2D eigenvalue weighted by Crippen LogP contribution is -2.50. The molecule has 1 aliphatic heterocycles. The third-order valence-corrected chi connectivity index (χ3v) is 6.68. The largest absolute Gasteiger partial charge is 0.435 e. The van der Waals surface area contributed by atoms with Gasteiger partial charge in [0.05, 0.1) is 6.04 Å². The molecular weight excluding hydrogens is 485 g/mol. The molecule has 2 amide bonds. The van der Waals surface area contributed by atoms with E-state index in [-0.39, 0.29) is 17.2 Å². The van der Waals surface area contributed by atoms with Gasteiger partial charge in [-0.15, -0.1) is 0 Å². The van der Waals surface area contributed by atoms with E-state index < -0.39 is 24.4 Å². The maximum atomic E-state index is 13.9. The van der Waals surface area contributed by atoms with Gasteiger partial charge in [-0.3, -0.25) is 9.80 Å². The fraction of sp³-hybridized carbons (Fsp3) is 0.240. The summed E-state index contributed by atoms with van der Waals surface area (Å²) in [6.07, 6.45) is 1.62. The lowest BCUT2D eigenvalue weighted by atomic mass is 9.90. The summed E-state index contributed by atoms with van der Waals surface area (Å²) in [5.41, 5.74) is -0.615. The SMILES string of the molecule is O=C1N(c2ccc(Cl)cc2)C(C2CC2)C(O)(c2cccc(OC(F)F)c2)N1c1ccc(Cl)cc1. The highest BCUT2D eigenvalue weighted by molar-refractivity contribution is 6.31. The van der Waals surface area contributed by atoms with Crippen LogP contribution in [0.3, 0.4) is 0 Å². The molecule has 0 spiro atoms. The summed E-state index contributed by atoms with van der Waals surface area (Å²) >= 11 is 12.1. The third-order valence-electron chi connectivity index (χ3n) is 6.17. The first kappa shape index (κ1) is 22.9. The molecule has 5 rings (SSSR count). The molecule has 1 saturated heterocycles. The highest BCUT2D eigenvalue weighted by Gasteiger charge is 2.63. The molecule has 9 heteroatoms. The number of nitrogens with zero attached hydrogens (tertiary/aromatic N) is 2. The molecule has 2 unspecified atom stereocenters. The van der Waals surface area contributed by atoms with Gasteiger partial charge >= 0.3 is 12.6 Å². The minimum atomic E-state index is -3.02. The Morgan fingerprint density at radius 2 is 1.53 bits per heavy atom. The summed E-state index contributed by atoms with van der Waals surface area (Å²) in [5.74, 6) is -0.106. The summed E-state index contributed by atoms with van der Waals surface area (Å²) in [7, 11) is 0. The number of ether oxygens (including phenoxy) is 1. The number of hydrogen-bond donors (Lipinski definition) is 1. The molecule has 1 N–H and O–H groups in total. The predicted octanol–water partition coefficient (Wildman–Crippen LogP) is 6.67. The summed E-state index contributed by atoms with van der Waals surface area (Å²) in [6.45, 7) is -3.02. The molecule has 0 aromatic heterocycles. The molecule has 1 saturated carbocycles. The normalized spacial score (nSPS) is 22.5. The van der Waals surface area contributed by atoms with Crippen LogP contribution in [-0.4, -0.2) is 23.8 Å². The molecule has 2 fully saturated rings. The van der Waals surface area contributed by atoms with E-state index in [2.05, 4.69) is 4.74 Å². The number of halogens is 4. The monoisotopic (exact) mass is 504 g/mol. The Morgan fingerprint density at radius 3 is 2.09 bits per heavy atom. The fourth-order valence-corrected chi connectivity index (χ4v) is 4.86. The molecule has 176 valence electrons. The third kappa shape index (κ3) is 3.98. The van der Waals surface area contributed by atoms with Gasteiger partial charge < -0.3 is 9.84 Å².